The molecule has 2 N–H and O–H groups in total. The molecule has 0 radical (unpaired) electrons. The first kappa shape index (κ1) is 9.90. The Hall–Kier alpha value is -0.180. The van der Waals surface area contributed by atoms with Gasteiger partial charge < -0.3 is 5.73 Å². The highest BCUT2D eigenvalue weighted by Gasteiger charge is 2.06. The van der Waals surface area contributed by atoms with Crippen molar-refractivity contribution in [2.45, 2.75) is 5.25 Å². The molecule has 0 aromatic heterocycles. The second-order valence-electron chi connectivity index (χ2n) is 2.52. The molecule has 0 spiro atoms. The zero-order chi connectivity index (χ0) is 8.97. The Morgan fingerprint density at radius 3 is 2.83 bits per heavy atom. The lowest BCUT2D eigenvalue weighted by molar-refractivity contribution is 0.945. The molecule has 1 nitrogen and oxygen atoms in total. The first-order valence-electron chi connectivity index (χ1n) is 3.76. The summed E-state index contributed by atoms with van der Waals surface area (Å²) in [5, 5.41) is 1.14. The number of halogens is 1. The first-order chi connectivity index (χ1) is 5.77. The van der Waals surface area contributed by atoms with Crippen molar-refractivity contribution in [2.75, 3.05) is 12.8 Å². The van der Waals surface area contributed by atoms with Gasteiger partial charge in [-0.3, -0.25) is 0 Å². The Labute approximate surface area is 82.3 Å². The summed E-state index contributed by atoms with van der Waals surface area (Å²) in [6.45, 7) is 0.654. The van der Waals surface area contributed by atoms with Gasteiger partial charge in [-0.15, -0.1) is 0 Å². The van der Waals surface area contributed by atoms with Gasteiger partial charge in [0.15, 0.2) is 0 Å². The minimum absolute atomic E-state index is 0.365. The van der Waals surface area contributed by atoms with Crippen LogP contribution in [0, 0.1) is 0 Å². The molecular weight excluding hydrogens is 190 g/mol. The number of nitrogens with two attached hydrogens (primary N) is 1. The Morgan fingerprint density at radius 2 is 2.33 bits per heavy atom. The van der Waals surface area contributed by atoms with E-state index in [-0.39, 0.29) is 0 Å². The van der Waals surface area contributed by atoms with E-state index in [1.807, 2.05) is 18.2 Å². The smallest absolute Gasteiger partial charge is 0.0417 e. The lowest BCUT2D eigenvalue weighted by Gasteiger charge is -2.11. The highest BCUT2D eigenvalue weighted by molar-refractivity contribution is 7.98. The molecule has 66 valence electrons. The predicted molar refractivity (Wildman–Crippen MR) is 56.8 cm³/mol. The van der Waals surface area contributed by atoms with Crippen LogP contribution in [-0.2, 0) is 0 Å². The van der Waals surface area contributed by atoms with Gasteiger partial charge >= 0.3 is 0 Å². The predicted octanol–water partition coefficient (Wildman–Crippen LogP) is 2.70. The molecule has 0 saturated heterocycles. The van der Waals surface area contributed by atoms with Crippen molar-refractivity contribution in [3.8, 4) is 0 Å². The molecule has 1 rings (SSSR count). The van der Waals surface area contributed by atoms with Crippen LogP contribution < -0.4 is 5.73 Å². The topological polar surface area (TPSA) is 26.0 Å². The summed E-state index contributed by atoms with van der Waals surface area (Å²) >= 11 is 7.60. The van der Waals surface area contributed by atoms with Crippen LogP contribution in [0.2, 0.25) is 5.02 Å². The lowest BCUT2D eigenvalue weighted by Crippen LogP contribution is -2.08. The van der Waals surface area contributed by atoms with E-state index in [1.165, 1.54) is 5.56 Å². The standard InChI is InChI=1S/C9H12ClNS/c1-12-9(6-11)7-3-2-4-8(10)5-7/h2-5,9H,6,11H2,1H3. The minimum atomic E-state index is 0.365. The third-order valence-electron chi connectivity index (χ3n) is 1.72. The SMILES string of the molecule is CSC(CN)c1cccc(Cl)c1. The van der Waals surface area contributed by atoms with E-state index in [4.69, 9.17) is 17.3 Å². The second kappa shape index (κ2) is 4.75. The molecule has 0 aliphatic carbocycles. The minimum Gasteiger partial charge on any atom is -0.329 e. The highest BCUT2D eigenvalue weighted by Crippen LogP contribution is 2.26. The molecule has 0 aliphatic heterocycles. The summed E-state index contributed by atoms with van der Waals surface area (Å²) < 4.78 is 0. The molecule has 12 heavy (non-hydrogen) atoms. The van der Waals surface area contributed by atoms with E-state index in [9.17, 15) is 0 Å². The molecule has 0 bridgehead atoms. The average Bonchev–Trinajstić information content (AvgIpc) is 2.07. The fraction of sp³-hybridized carbons (Fsp3) is 0.333. The second-order valence-corrected chi connectivity index (χ2v) is 3.99. The van der Waals surface area contributed by atoms with Gasteiger partial charge in [-0.05, 0) is 24.0 Å². The van der Waals surface area contributed by atoms with Crippen LogP contribution in [0.5, 0.6) is 0 Å². The van der Waals surface area contributed by atoms with Crippen LogP contribution in [0.1, 0.15) is 10.8 Å². The van der Waals surface area contributed by atoms with E-state index in [0.29, 0.717) is 11.8 Å². The Morgan fingerprint density at radius 1 is 1.58 bits per heavy atom. The largest absolute Gasteiger partial charge is 0.329 e. The van der Waals surface area contributed by atoms with Crippen LogP contribution in [-0.4, -0.2) is 12.8 Å². The van der Waals surface area contributed by atoms with Crippen molar-refractivity contribution in [1.82, 2.24) is 0 Å². The van der Waals surface area contributed by atoms with E-state index in [0.717, 1.165) is 5.02 Å². The normalized spacial score (nSPS) is 12.9. The quantitative estimate of drug-likeness (QED) is 0.814. The van der Waals surface area contributed by atoms with Crippen molar-refractivity contribution >= 4 is 23.4 Å². The van der Waals surface area contributed by atoms with Gasteiger partial charge in [0.25, 0.3) is 0 Å². The van der Waals surface area contributed by atoms with Gasteiger partial charge in [-0.1, -0.05) is 23.7 Å². The van der Waals surface area contributed by atoms with Crippen molar-refractivity contribution in [3.05, 3.63) is 34.9 Å². The monoisotopic (exact) mass is 201 g/mol. The van der Waals surface area contributed by atoms with Crippen molar-refractivity contribution in [1.29, 1.82) is 0 Å². The molecule has 0 fully saturated rings. The van der Waals surface area contributed by atoms with E-state index in [2.05, 4.69) is 12.3 Å². The van der Waals surface area contributed by atoms with Crippen LogP contribution in [0.15, 0.2) is 24.3 Å². The number of hydrogen-bond donors (Lipinski definition) is 1. The maximum absolute atomic E-state index is 5.85. The van der Waals surface area contributed by atoms with Crippen LogP contribution >= 0.6 is 23.4 Å². The van der Waals surface area contributed by atoms with E-state index in [1.54, 1.807) is 11.8 Å². The van der Waals surface area contributed by atoms with Gasteiger partial charge in [0, 0.05) is 16.8 Å². The fourth-order valence-corrected chi connectivity index (χ4v) is 1.89. The molecule has 1 aromatic carbocycles. The fourth-order valence-electron chi connectivity index (χ4n) is 1.08. The summed E-state index contributed by atoms with van der Waals surface area (Å²) in [5.74, 6) is 0. The summed E-state index contributed by atoms with van der Waals surface area (Å²) in [7, 11) is 0. The number of thioether (sulfide) groups is 1. The molecule has 3 heteroatoms. The molecule has 1 atom stereocenters. The van der Waals surface area contributed by atoms with E-state index < -0.39 is 0 Å². The van der Waals surface area contributed by atoms with Crippen molar-refractivity contribution in [3.63, 3.8) is 0 Å². The maximum atomic E-state index is 5.85. The summed E-state index contributed by atoms with van der Waals surface area (Å²) in [4.78, 5) is 0. The summed E-state index contributed by atoms with van der Waals surface area (Å²) in [5.41, 5.74) is 6.81. The molecule has 0 heterocycles. The van der Waals surface area contributed by atoms with Gasteiger partial charge in [0.05, 0.1) is 0 Å². The molecular formula is C9H12ClNS. The van der Waals surface area contributed by atoms with Crippen molar-refractivity contribution in [2.24, 2.45) is 5.73 Å². The summed E-state index contributed by atoms with van der Waals surface area (Å²) in [6, 6.07) is 7.85. The van der Waals surface area contributed by atoms with Crippen molar-refractivity contribution < 1.29 is 0 Å². The maximum Gasteiger partial charge on any atom is 0.0417 e. The van der Waals surface area contributed by atoms with Gasteiger partial charge in [-0.2, -0.15) is 11.8 Å². The molecule has 0 aliphatic rings. The number of rotatable bonds is 3. The molecule has 0 amide bonds. The number of benzene rings is 1. The first-order valence-corrected chi connectivity index (χ1v) is 5.43. The third-order valence-corrected chi connectivity index (χ3v) is 2.99. The highest BCUT2D eigenvalue weighted by atomic mass is 35.5. The van der Waals surface area contributed by atoms with Crippen LogP contribution in [0.4, 0.5) is 0 Å². The Balaban J connectivity index is 2.85. The molecule has 0 saturated carbocycles. The van der Waals surface area contributed by atoms with Gasteiger partial charge in [-0.25, -0.2) is 0 Å². The zero-order valence-corrected chi connectivity index (χ0v) is 8.53. The van der Waals surface area contributed by atoms with E-state index >= 15 is 0 Å². The number of hydrogen-bond acceptors (Lipinski definition) is 2. The third kappa shape index (κ3) is 2.41. The average molecular weight is 202 g/mol. The van der Waals surface area contributed by atoms with Gasteiger partial charge in [0.1, 0.15) is 0 Å². The summed E-state index contributed by atoms with van der Waals surface area (Å²) in [6.07, 6.45) is 2.05. The van der Waals surface area contributed by atoms with Crippen LogP contribution in [0.3, 0.4) is 0 Å². The van der Waals surface area contributed by atoms with Gasteiger partial charge in [0.2, 0.25) is 0 Å². The zero-order valence-electron chi connectivity index (χ0n) is 6.96. The Bertz CT molecular complexity index is 248. The Kier molecular flexibility index (Phi) is 3.92. The molecule has 1 unspecified atom stereocenters. The lowest BCUT2D eigenvalue weighted by atomic mass is 10.1. The molecule has 1 aromatic rings. The van der Waals surface area contributed by atoms with Crippen LogP contribution in [0.25, 0.3) is 0 Å².